The van der Waals surface area contributed by atoms with Crippen molar-refractivity contribution in [3.8, 4) is 5.75 Å². The van der Waals surface area contributed by atoms with Crippen LogP contribution in [-0.4, -0.2) is 204 Å². The predicted molar refractivity (Wildman–Crippen MR) is 330 cm³/mol. The number of rotatable bonds is 8. The van der Waals surface area contributed by atoms with Gasteiger partial charge < -0.3 is 68.9 Å². The summed E-state index contributed by atoms with van der Waals surface area (Å²) in [4.78, 5) is 198. The number of aromatic hydroxyl groups is 1. The van der Waals surface area contributed by atoms with Crippen LogP contribution in [0.15, 0.2) is 24.3 Å². The molecule has 0 aromatic heterocycles. The van der Waals surface area contributed by atoms with Gasteiger partial charge in [0.1, 0.15) is 36.0 Å². The number of carbonyl (C=O) groups excluding carboxylic acids is 13. The number of fused-ring (bicyclic) bond motifs is 20. The lowest BCUT2D eigenvalue weighted by molar-refractivity contribution is -0.143. The van der Waals surface area contributed by atoms with Crippen molar-refractivity contribution in [1.82, 2.24) is 42.1 Å². The van der Waals surface area contributed by atoms with Crippen LogP contribution in [0, 0.1) is 17.8 Å². The number of phenols is 1. The molecule has 27 nitrogen and oxygen atoms in total. The van der Waals surface area contributed by atoms with Crippen molar-refractivity contribution in [3.63, 3.8) is 0 Å². The van der Waals surface area contributed by atoms with Gasteiger partial charge in [0.2, 0.25) is 53.2 Å². The lowest BCUT2D eigenvalue weighted by atomic mass is 9.89. The minimum absolute atomic E-state index is 0.0405. The summed E-state index contributed by atoms with van der Waals surface area (Å²) in [5.41, 5.74) is 12.5. The first-order chi connectivity index (χ1) is 41.2. The second kappa shape index (κ2) is 35.6. The smallest absolute Gasteiger partial charge is 0.303 e. The molecule has 5 rings (SSSR count). The van der Waals surface area contributed by atoms with Crippen molar-refractivity contribution < 1.29 is 82.4 Å². The van der Waals surface area contributed by atoms with Gasteiger partial charge in [-0.3, -0.25) is 67.1 Å². The van der Waals surface area contributed by atoms with Gasteiger partial charge in [-0.25, -0.2) is 0 Å². The number of primary amides is 1. The van der Waals surface area contributed by atoms with Crippen LogP contribution >= 0.6 is 64.8 Å². The maximum absolute atomic E-state index is 14.8. The standard InChI is InChI=1S/C54H76N10O17S6/c1-26-20-82-86-24-37-52(79)62-38-25-87-85-23-34(55)42(69)18-32(49(76)59-35(10-13-46(73)74)43(70)16-30(48(75)61-37)15-29-6-8-33(66)9-7-29)22-84-83-21-31(50(77)63-47(28(3)65)40(67)11-12-45(72)57-26)17-41(68)27(2)58-53(80)39-5-4-14-64(39)54(81)36(19-44(56)71)60-51(38)78/h6-9,26-28,30-32,34-39,47,65-66H,4-5,10-25,55H2,1-3H3,(H2,56,71)(H,57,72)(H,58,80)(H,59,76)(H,60,78)(H,61,75)(H,62,79)(H,63,77)(H,73,74)/t26-,27+,28+,30-,31+,32+,34+,35+,36+,37+,38?,39+,47+/m1/s1. The van der Waals surface area contributed by atoms with Crippen LogP contribution < -0.4 is 48.7 Å². The number of ketones is 4. The number of phenolic OH excluding ortho intramolecular Hbond substituents is 1. The van der Waals surface area contributed by atoms with Crippen LogP contribution in [0.2, 0.25) is 0 Å². The number of aliphatic hydroxyl groups excluding tert-OH is 1. The lowest BCUT2D eigenvalue weighted by Crippen LogP contribution is -2.60. The minimum atomic E-state index is -1.73. The van der Waals surface area contributed by atoms with Crippen LogP contribution in [0.3, 0.4) is 0 Å². The Morgan fingerprint density at radius 1 is 0.632 bits per heavy atom. The van der Waals surface area contributed by atoms with Crippen LogP contribution in [0.5, 0.6) is 5.75 Å². The van der Waals surface area contributed by atoms with E-state index in [-0.39, 0.29) is 72.5 Å². The number of benzene rings is 1. The molecule has 4 fully saturated rings. The number of carboxylic acids is 1. The highest BCUT2D eigenvalue weighted by Gasteiger charge is 2.42. The summed E-state index contributed by atoms with van der Waals surface area (Å²) in [5.74, 6) is -17.3. The Labute approximate surface area is 526 Å². The second-order valence-electron chi connectivity index (χ2n) is 21.7. The Morgan fingerprint density at radius 2 is 1.20 bits per heavy atom. The van der Waals surface area contributed by atoms with E-state index in [0.717, 1.165) is 69.7 Å². The third kappa shape index (κ3) is 23.4. The molecule has 9 amide bonds. The second-order valence-corrected chi connectivity index (χ2v) is 29.4. The average molecular weight is 1330 g/mol. The summed E-state index contributed by atoms with van der Waals surface area (Å²) in [6.07, 6.45) is -5.89. The molecule has 1 unspecified atom stereocenters. The SMILES string of the molecule is C[C@@H]1CSSC[C@@H]2NC(=O)[C@H](Cc3ccc(O)cc3)CC(=O)[C@H](CCC(=O)O)NC(=O)[C@@H]3CSSC[C@H](CC(=O)[C@H](C)NC(=O)[C@@H]4CCCN4C(=O)[C@H](CC(N)=O)NC(=O)C(CSSC[C@H](N)C(=O)C3)NC2=O)C(=O)N[C@@H]([C@H](C)O)C(=O)CCC(=O)N1. The van der Waals surface area contributed by atoms with Gasteiger partial charge in [-0.15, -0.1) is 0 Å². The molecule has 14 N–H and O–H groups in total. The Bertz CT molecular complexity index is 2710. The van der Waals surface area contributed by atoms with E-state index in [0.29, 0.717) is 5.56 Å². The number of hydrogen-bond donors (Lipinski definition) is 12. The van der Waals surface area contributed by atoms with Gasteiger partial charge in [0.25, 0.3) is 0 Å². The zero-order chi connectivity index (χ0) is 64.1. The molecule has 87 heavy (non-hydrogen) atoms. The zero-order valence-corrected chi connectivity index (χ0v) is 53.1. The first-order valence-electron chi connectivity index (χ1n) is 28.2. The van der Waals surface area contributed by atoms with Gasteiger partial charge in [0.05, 0.1) is 42.5 Å². The van der Waals surface area contributed by atoms with Gasteiger partial charge in [-0.2, -0.15) is 0 Å². The number of aliphatic carboxylic acids is 1. The van der Waals surface area contributed by atoms with Crippen molar-refractivity contribution in [3.05, 3.63) is 29.8 Å². The van der Waals surface area contributed by atoms with Crippen LogP contribution in [0.1, 0.15) is 90.5 Å². The summed E-state index contributed by atoms with van der Waals surface area (Å²) in [6, 6.07) is -6.80. The Morgan fingerprint density at radius 3 is 1.82 bits per heavy atom. The van der Waals surface area contributed by atoms with Crippen molar-refractivity contribution in [2.24, 2.45) is 29.2 Å². The van der Waals surface area contributed by atoms with Crippen LogP contribution in [-0.2, 0) is 73.5 Å². The van der Waals surface area contributed by atoms with Gasteiger partial charge in [0.15, 0.2) is 23.1 Å². The Hall–Kier alpha value is -5.58. The minimum Gasteiger partial charge on any atom is -0.508 e. The molecule has 4 heterocycles. The average Bonchev–Trinajstić information content (AvgIpc) is 4.01. The summed E-state index contributed by atoms with van der Waals surface area (Å²) in [5, 5.41) is 49.2. The predicted octanol–water partition coefficient (Wildman–Crippen LogP) is -0.932. The van der Waals surface area contributed by atoms with E-state index < -0.39 is 205 Å². The molecule has 4 aliphatic rings. The highest BCUT2D eigenvalue weighted by Crippen LogP contribution is 2.32. The van der Waals surface area contributed by atoms with Crippen LogP contribution in [0.25, 0.3) is 0 Å². The van der Waals surface area contributed by atoms with Crippen molar-refractivity contribution in [2.75, 3.05) is 41.1 Å². The number of nitrogens with one attached hydrogen (secondary N) is 7. The quantitative estimate of drug-likeness (QED) is 0.140. The van der Waals surface area contributed by atoms with E-state index in [1.54, 1.807) is 6.92 Å². The number of carboxylic acid groups (broad SMARTS) is 1. The Kier molecular flexibility index (Phi) is 29.5. The third-order valence-electron chi connectivity index (χ3n) is 14.6. The molecule has 4 aliphatic heterocycles. The molecule has 33 heteroatoms. The van der Waals surface area contributed by atoms with E-state index in [1.165, 1.54) is 38.1 Å². The van der Waals surface area contributed by atoms with E-state index in [9.17, 15) is 82.4 Å². The van der Waals surface area contributed by atoms with E-state index in [2.05, 4.69) is 37.2 Å². The molecule has 1 aromatic carbocycles. The van der Waals surface area contributed by atoms with E-state index >= 15 is 0 Å². The third-order valence-corrected chi connectivity index (χ3v) is 22.2. The number of Topliss-reactive ketones (excluding diaryl/α,β-unsaturated/α-hetero) is 4. The zero-order valence-electron chi connectivity index (χ0n) is 48.2. The van der Waals surface area contributed by atoms with Crippen molar-refractivity contribution in [2.45, 2.75) is 152 Å². The molecule has 13 atom stereocenters. The fourth-order valence-corrected chi connectivity index (χ4v) is 17.0. The number of amides is 9. The maximum Gasteiger partial charge on any atom is 0.303 e. The number of hydrogen-bond acceptors (Lipinski definition) is 23. The number of nitrogens with zero attached hydrogens (tertiary/aromatic N) is 1. The molecule has 4 bridgehead atoms. The molecule has 0 saturated carbocycles. The van der Waals surface area contributed by atoms with Gasteiger partial charge in [-0.05, 0) is 64.2 Å². The van der Waals surface area contributed by atoms with Gasteiger partial charge >= 0.3 is 5.97 Å². The molecule has 480 valence electrons. The van der Waals surface area contributed by atoms with Gasteiger partial charge in [-0.1, -0.05) is 76.9 Å². The highest BCUT2D eigenvalue weighted by molar-refractivity contribution is 8.77. The first-order valence-corrected chi connectivity index (χ1v) is 35.6. The lowest BCUT2D eigenvalue weighted by Gasteiger charge is -2.30. The molecule has 0 aliphatic carbocycles. The van der Waals surface area contributed by atoms with Crippen molar-refractivity contribution >= 4 is 147 Å². The molecular weight excluding hydrogens is 1250 g/mol. The first kappa shape index (κ1) is 72.2. The molecule has 0 spiro atoms. The summed E-state index contributed by atoms with van der Waals surface area (Å²) < 4.78 is 0. The summed E-state index contributed by atoms with van der Waals surface area (Å²) >= 11 is 0. The number of aliphatic hydroxyl groups is 1. The number of nitrogens with two attached hydrogens (primary N) is 2. The van der Waals surface area contributed by atoms with Gasteiger partial charge in [0, 0.05) is 91.5 Å². The molecule has 4 saturated heterocycles. The highest BCUT2D eigenvalue weighted by atomic mass is 33.1. The number of carbonyl (C=O) groups is 14. The normalized spacial score (nSPS) is 30.0. The van der Waals surface area contributed by atoms with Crippen LogP contribution in [0.4, 0.5) is 0 Å². The summed E-state index contributed by atoms with van der Waals surface area (Å²) in [6.45, 7) is 4.20. The molecule has 0 radical (unpaired) electrons. The largest absolute Gasteiger partial charge is 0.508 e. The molecular formula is C54H76N10O17S6. The summed E-state index contributed by atoms with van der Waals surface area (Å²) in [7, 11) is 6.11. The fourth-order valence-electron chi connectivity index (χ4n) is 9.57. The molecule has 1 aromatic rings. The maximum atomic E-state index is 14.8. The van der Waals surface area contributed by atoms with Crippen molar-refractivity contribution in [1.29, 1.82) is 0 Å². The topological polar surface area (TPSA) is 439 Å². The van der Waals surface area contributed by atoms with E-state index in [4.69, 9.17) is 11.5 Å². The fraction of sp³-hybridized carbons (Fsp3) is 0.630. The monoisotopic (exact) mass is 1330 g/mol. The van der Waals surface area contributed by atoms with E-state index in [1.807, 2.05) is 0 Å². The Balaban J connectivity index is 1.73.